The van der Waals surface area contributed by atoms with Crippen LogP contribution >= 0.6 is 11.6 Å². The summed E-state index contributed by atoms with van der Waals surface area (Å²) in [5.74, 6) is 0.110. The van der Waals surface area contributed by atoms with Crippen LogP contribution in [0.15, 0.2) is 30.5 Å². The number of nitrogens with one attached hydrogen (secondary N) is 1. The zero-order valence-electron chi connectivity index (χ0n) is 12.1. The number of nitro groups is 1. The molecule has 0 bridgehead atoms. The van der Waals surface area contributed by atoms with E-state index in [-0.39, 0.29) is 22.3 Å². The van der Waals surface area contributed by atoms with E-state index in [1.165, 1.54) is 12.1 Å². The van der Waals surface area contributed by atoms with Crippen LogP contribution in [0.2, 0.25) is 5.02 Å². The van der Waals surface area contributed by atoms with Gasteiger partial charge in [0.1, 0.15) is 5.82 Å². The van der Waals surface area contributed by atoms with Crippen LogP contribution in [0, 0.1) is 10.1 Å². The van der Waals surface area contributed by atoms with Gasteiger partial charge in [-0.25, -0.2) is 4.68 Å². The molecule has 0 saturated carbocycles. The van der Waals surface area contributed by atoms with Crippen molar-refractivity contribution < 1.29 is 9.72 Å². The second-order valence-electron chi connectivity index (χ2n) is 4.79. The second-order valence-corrected chi connectivity index (χ2v) is 5.20. The Hall–Kier alpha value is -2.41. The van der Waals surface area contributed by atoms with Crippen molar-refractivity contribution in [3.63, 3.8) is 0 Å². The SMILES string of the molecule is CCC(C)n1nccc1NC(=O)c1ccc([N+](=O)[O-])cc1Cl. The molecule has 2 rings (SSSR count). The minimum atomic E-state index is -0.564. The van der Waals surface area contributed by atoms with Crippen molar-refractivity contribution in [1.29, 1.82) is 0 Å². The molecule has 7 nitrogen and oxygen atoms in total. The van der Waals surface area contributed by atoms with Gasteiger partial charge in [0.05, 0.1) is 27.7 Å². The van der Waals surface area contributed by atoms with Gasteiger partial charge in [-0.15, -0.1) is 0 Å². The summed E-state index contributed by atoms with van der Waals surface area (Å²) < 4.78 is 1.71. The summed E-state index contributed by atoms with van der Waals surface area (Å²) in [5, 5.41) is 17.6. The molecule has 1 heterocycles. The molecule has 0 fully saturated rings. The summed E-state index contributed by atoms with van der Waals surface area (Å²) in [5.41, 5.74) is 0.00960. The summed E-state index contributed by atoms with van der Waals surface area (Å²) in [6.45, 7) is 4.01. The van der Waals surface area contributed by atoms with Crippen molar-refractivity contribution in [2.45, 2.75) is 26.3 Å². The number of carbonyl (C=O) groups is 1. The highest BCUT2D eigenvalue weighted by Crippen LogP contribution is 2.24. The molecule has 8 heteroatoms. The molecule has 1 amide bonds. The molecule has 116 valence electrons. The molecule has 0 aliphatic rings. The number of nitro benzene ring substituents is 1. The van der Waals surface area contributed by atoms with Crippen LogP contribution in [-0.4, -0.2) is 20.6 Å². The third kappa shape index (κ3) is 3.25. The van der Waals surface area contributed by atoms with Gasteiger partial charge in [0, 0.05) is 18.2 Å². The maximum absolute atomic E-state index is 12.3. The number of halogens is 1. The number of hydrogen-bond acceptors (Lipinski definition) is 4. The monoisotopic (exact) mass is 322 g/mol. The van der Waals surface area contributed by atoms with E-state index in [0.717, 1.165) is 12.5 Å². The highest BCUT2D eigenvalue weighted by Gasteiger charge is 2.17. The van der Waals surface area contributed by atoms with E-state index in [2.05, 4.69) is 10.4 Å². The van der Waals surface area contributed by atoms with E-state index in [4.69, 9.17) is 11.6 Å². The first-order chi connectivity index (χ1) is 10.4. The Morgan fingerprint density at radius 3 is 2.82 bits per heavy atom. The third-order valence-electron chi connectivity index (χ3n) is 3.33. The molecule has 1 aromatic heterocycles. The first kappa shape index (κ1) is 16.0. The smallest absolute Gasteiger partial charge is 0.270 e. The summed E-state index contributed by atoms with van der Waals surface area (Å²) in [4.78, 5) is 22.4. The van der Waals surface area contributed by atoms with Crippen LogP contribution in [0.4, 0.5) is 11.5 Å². The van der Waals surface area contributed by atoms with Gasteiger partial charge >= 0.3 is 0 Å². The molecule has 2 aromatic rings. The van der Waals surface area contributed by atoms with Crippen LogP contribution in [0.1, 0.15) is 36.7 Å². The standard InChI is InChI=1S/C14H15ClN4O3/c1-3-9(2)18-13(6-7-16-18)17-14(20)11-5-4-10(19(21)22)8-12(11)15/h4-9H,3H2,1-2H3,(H,17,20). The van der Waals surface area contributed by atoms with E-state index < -0.39 is 10.8 Å². The Morgan fingerprint density at radius 2 is 2.23 bits per heavy atom. The van der Waals surface area contributed by atoms with Crippen LogP contribution in [0.3, 0.4) is 0 Å². The number of amides is 1. The van der Waals surface area contributed by atoms with Gasteiger partial charge in [-0.3, -0.25) is 14.9 Å². The van der Waals surface area contributed by atoms with Crippen LogP contribution in [0.25, 0.3) is 0 Å². The minimum Gasteiger partial charge on any atom is -0.307 e. The lowest BCUT2D eigenvalue weighted by molar-refractivity contribution is -0.384. The first-order valence-corrected chi connectivity index (χ1v) is 7.10. The number of hydrogen-bond donors (Lipinski definition) is 1. The summed E-state index contributed by atoms with van der Waals surface area (Å²) in [7, 11) is 0. The quantitative estimate of drug-likeness (QED) is 0.671. The molecule has 0 radical (unpaired) electrons. The minimum absolute atomic E-state index is 0.0290. The molecule has 1 aromatic carbocycles. The molecule has 1 unspecified atom stereocenters. The van der Waals surface area contributed by atoms with Gasteiger partial charge in [0.15, 0.2) is 0 Å². The zero-order valence-corrected chi connectivity index (χ0v) is 12.9. The Balaban J connectivity index is 2.23. The van der Waals surface area contributed by atoms with Crippen molar-refractivity contribution >= 4 is 29.0 Å². The van der Waals surface area contributed by atoms with Gasteiger partial charge in [0.2, 0.25) is 0 Å². The van der Waals surface area contributed by atoms with Gasteiger partial charge in [0.25, 0.3) is 11.6 Å². The van der Waals surface area contributed by atoms with E-state index in [9.17, 15) is 14.9 Å². The molecule has 22 heavy (non-hydrogen) atoms. The highest BCUT2D eigenvalue weighted by atomic mass is 35.5. The number of non-ortho nitro benzene ring substituents is 1. The summed E-state index contributed by atoms with van der Waals surface area (Å²) in [6, 6.07) is 5.55. The highest BCUT2D eigenvalue weighted by molar-refractivity contribution is 6.34. The summed E-state index contributed by atoms with van der Waals surface area (Å²) >= 11 is 5.95. The van der Waals surface area contributed by atoms with Gasteiger partial charge in [-0.1, -0.05) is 18.5 Å². The molecule has 0 aliphatic heterocycles. The number of benzene rings is 1. The lowest BCUT2D eigenvalue weighted by Crippen LogP contribution is -2.17. The number of nitrogens with zero attached hydrogens (tertiary/aromatic N) is 3. The van der Waals surface area contributed by atoms with Crippen molar-refractivity contribution in [1.82, 2.24) is 9.78 Å². The van der Waals surface area contributed by atoms with Crippen molar-refractivity contribution in [2.75, 3.05) is 5.32 Å². The van der Waals surface area contributed by atoms with Crippen molar-refractivity contribution in [3.05, 3.63) is 51.2 Å². The molecular formula is C14H15ClN4O3. The number of carbonyl (C=O) groups excluding carboxylic acids is 1. The van der Waals surface area contributed by atoms with Crippen LogP contribution in [0.5, 0.6) is 0 Å². The number of rotatable bonds is 5. The molecule has 0 spiro atoms. The maximum atomic E-state index is 12.3. The lowest BCUT2D eigenvalue weighted by Gasteiger charge is -2.14. The van der Waals surface area contributed by atoms with Gasteiger partial charge in [-0.2, -0.15) is 5.10 Å². The fourth-order valence-corrected chi connectivity index (χ4v) is 2.18. The lowest BCUT2D eigenvalue weighted by atomic mass is 10.2. The fraction of sp³-hybridized carbons (Fsp3) is 0.286. The zero-order chi connectivity index (χ0) is 16.3. The van der Waals surface area contributed by atoms with Gasteiger partial charge < -0.3 is 5.32 Å². The Kier molecular flexibility index (Phi) is 4.77. The number of aromatic nitrogens is 2. The summed E-state index contributed by atoms with van der Waals surface area (Å²) in [6.07, 6.45) is 2.46. The normalized spacial score (nSPS) is 12.0. The second kappa shape index (κ2) is 6.57. The molecular weight excluding hydrogens is 308 g/mol. The van der Waals surface area contributed by atoms with Gasteiger partial charge in [-0.05, 0) is 19.4 Å². The Bertz CT molecular complexity index is 714. The average Bonchev–Trinajstić information content (AvgIpc) is 2.94. The topological polar surface area (TPSA) is 90.1 Å². The Labute approximate surface area is 132 Å². The molecule has 0 saturated heterocycles. The third-order valence-corrected chi connectivity index (χ3v) is 3.64. The maximum Gasteiger partial charge on any atom is 0.270 e. The van der Waals surface area contributed by atoms with E-state index in [1.54, 1.807) is 16.9 Å². The number of anilines is 1. The fourth-order valence-electron chi connectivity index (χ4n) is 1.92. The predicted octanol–water partition coefficient (Wildman–Crippen LogP) is 3.67. The van der Waals surface area contributed by atoms with Crippen LogP contribution in [-0.2, 0) is 0 Å². The molecule has 1 atom stereocenters. The van der Waals surface area contributed by atoms with E-state index in [0.29, 0.717) is 5.82 Å². The van der Waals surface area contributed by atoms with E-state index >= 15 is 0 Å². The predicted molar refractivity (Wildman–Crippen MR) is 83.3 cm³/mol. The molecule has 1 N–H and O–H groups in total. The largest absolute Gasteiger partial charge is 0.307 e. The first-order valence-electron chi connectivity index (χ1n) is 6.72. The van der Waals surface area contributed by atoms with Crippen LogP contribution < -0.4 is 5.32 Å². The Morgan fingerprint density at radius 1 is 1.50 bits per heavy atom. The molecule has 0 aliphatic carbocycles. The van der Waals surface area contributed by atoms with Crippen molar-refractivity contribution in [2.24, 2.45) is 0 Å². The van der Waals surface area contributed by atoms with Crippen molar-refractivity contribution in [3.8, 4) is 0 Å². The average molecular weight is 323 g/mol. The van der Waals surface area contributed by atoms with E-state index in [1.807, 2.05) is 13.8 Å².